The molecule has 0 heterocycles. The number of nitrogens with zero attached hydrogens (tertiary/aromatic N) is 1. The van der Waals surface area contributed by atoms with E-state index in [1.165, 1.54) is 36.4 Å². The summed E-state index contributed by atoms with van der Waals surface area (Å²) in [4.78, 5) is 33.4. The molecule has 0 saturated carbocycles. The Balaban J connectivity index is 1.73. The highest BCUT2D eigenvalue weighted by molar-refractivity contribution is 5.93. The number of amides is 2. The van der Waals surface area contributed by atoms with E-state index < -0.39 is 16.7 Å². The number of methoxy groups -OCH3 is 1. The highest BCUT2D eigenvalue weighted by Crippen LogP contribution is 2.16. The van der Waals surface area contributed by atoms with Gasteiger partial charge in [0.1, 0.15) is 11.5 Å². The number of rotatable bonds is 7. The fourth-order valence-corrected chi connectivity index (χ4v) is 1.91. The number of benzene rings is 2. The molecule has 2 aromatic rings. The SMILES string of the molecule is COc1ccc(OCC(=O)NNC(=O)/C=C/c2ccc([N+](=O)[O-])cc2)cc1. The fraction of sp³-hybridized carbons (Fsp3) is 0.111. The van der Waals surface area contributed by atoms with E-state index in [9.17, 15) is 19.7 Å². The number of carbonyl (C=O) groups excluding carboxylic acids is 2. The first-order valence-corrected chi connectivity index (χ1v) is 7.76. The van der Waals surface area contributed by atoms with Gasteiger partial charge in [0.15, 0.2) is 6.61 Å². The van der Waals surface area contributed by atoms with E-state index in [-0.39, 0.29) is 12.3 Å². The minimum absolute atomic E-state index is 0.0410. The Morgan fingerprint density at radius 1 is 1.04 bits per heavy atom. The molecular formula is C18H17N3O6. The van der Waals surface area contributed by atoms with Crippen molar-refractivity contribution in [3.05, 3.63) is 70.3 Å². The molecule has 2 amide bonds. The van der Waals surface area contributed by atoms with Crippen molar-refractivity contribution in [2.45, 2.75) is 0 Å². The van der Waals surface area contributed by atoms with E-state index in [0.29, 0.717) is 17.1 Å². The molecule has 2 rings (SSSR count). The number of hydrogen-bond donors (Lipinski definition) is 2. The summed E-state index contributed by atoms with van der Waals surface area (Å²) in [5.41, 5.74) is 4.97. The number of hydrogen-bond acceptors (Lipinski definition) is 6. The number of carbonyl (C=O) groups is 2. The van der Waals surface area contributed by atoms with Crippen molar-refractivity contribution in [1.29, 1.82) is 0 Å². The Morgan fingerprint density at radius 3 is 2.26 bits per heavy atom. The molecule has 0 aliphatic carbocycles. The first kappa shape index (κ1) is 19.4. The van der Waals surface area contributed by atoms with Crippen LogP contribution in [0.1, 0.15) is 5.56 Å². The average Bonchev–Trinajstić information content (AvgIpc) is 2.69. The normalized spacial score (nSPS) is 10.3. The first-order valence-electron chi connectivity index (χ1n) is 7.76. The molecule has 140 valence electrons. The second kappa shape index (κ2) is 9.56. The van der Waals surface area contributed by atoms with Gasteiger partial charge in [-0.15, -0.1) is 0 Å². The predicted octanol–water partition coefficient (Wildman–Crippen LogP) is 1.84. The Hall–Kier alpha value is -3.88. The Bertz CT molecular complexity index is 831. The average molecular weight is 371 g/mol. The van der Waals surface area contributed by atoms with Gasteiger partial charge in [-0.25, -0.2) is 0 Å². The lowest BCUT2D eigenvalue weighted by molar-refractivity contribution is -0.384. The second-order valence-electron chi connectivity index (χ2n) is 5.18. The molecule has 0 fully saturated rings. The zero-order chi connectivity index (χ0) is 19.6. The summed E-state index contributed by atoms with van der Waals surface area (Å²) < 4.78 is 10.3. The van der Waals surface area contributed by atoms with Gasteiger partial charge in [-0.3, -0.25) is 30.6 Å². The lowest BCUT2D eigenvalue weighted by Crippen LogP contribution is -2.43. The number of nitrogens with one attached hydrogen (secondary N) is 2. The second-order valence-corrected chi connectivity index (χ2v) is 5.18. The maximum atomic E-state index is 11.7. The molecule has 0 radical (unpaired) electrons. The molecule has 2 N–H and O–H groups in total. The van der Waals surface area contributed by atoms with Crippen molar-refractivity contribution in [1.82, 2.24) is 10.9 Å². The summed E-state index contributed by atoms with van der Waals surface area (Å²) >= 11 is 0. The molecule has 0 saturated heterocycles. The van der Waals surface area contributed by atoms with Gasteiger partial charge in [-0.05, 0) is 48.0 Å². The van der Waals surface area contributed by atoms with Gasteiger partial charge in [-0.1, -0.05) is 0 Å². The van der Waals surface area contributed by atoms with Crippen LogP contribution in [0.25, 0.3) is 6.08 Å². The highest BCUT2D eigenvalue weighted by Gasteiger charge is 2.05. The molecule has 0 spiro atoms. The maximum absolute atomic E-state index is 11.7. The Kier molecular flexibility index (Phi) is 6.89. The number of hydrazine groups is 1. The van der Waals surface area contributed by atoms with Gasteiger partial charge < -0.3 is 9.47 Å². The molecular weight excluding hydrogens is 354 g/mol. The standard InChI is InChI=1S/C18H17N3O6/c1-26-15-7-9-16(10-8-15)27-12-18(23)20-19-17(22)11-4-13-2-5-14(6-3-13)21(24)25/h2-11H,12H2,1H3,(H,19,22)(H,20,23)/b11-4+. The Labute approximate surface area is 154 Å². The number of nitro groups is 1. The molecule has 0 bridgehead atoms. The molecule has 27 heavy (non-hydrogen) atoms. The molecule has 0 aliphatic rings. The summed E-state index contributed by atoms with van der Waals surface area (Å²) in [6, 6.07) is 12.4. The zero-order valence-electron chi connectivity index (χ0n) is 14.4. The van der Waals surface area contributed by atoms with Gasteiger partial charge in [-0.2, -0.15) is 0 Å². The zero-order valence-corrected chi connectivity index (χ0v) is 14.4. The van der Waals surface area contributed by atoms with Crippen molar-refractivity contribution in [2.75, 3.05) is 13.7 Å². The summed E-state index contributed by atoms with van der Waals surface area (Å²) in [5.74, 6) is 0.0447. The minimum atomic E-state index is -0.564. The van der Waals surface area contributed by atoms with E-state index in [0.717, 1.165) is 0 Å². The third kappa shape index (κ3) is 6.50. The molecule has 0 atom stereocenters. The minimum Gasteiger partial charge on any atom is -0.497 e. The topological polar surface area (TPSA) is 120 Å². The lowest BCUT2D eigenvalue weighted by Gasteiger charge is -2.08. The number of non-ortho nitro benzene ring substituents is 1. The molecule has 0 aromatic heterocycles. The van der Waals surface area contributed by atoms with Gasteiger partial charge in [0.25, 0.3) is 17.5 Å². The van der Waals surface area contributed by atoms with Crippen molar-refractivity contribution < 1.29 is 24.0 Å². The van der Waals surface area contributed by atoms with Crippen LogP contribution < -0.4 is 20.3 Å². The fourth-order valence-electron chi connectivity index (χ4n) is 1.91. The van der Waals surface area contributed by atoms with E-state index in [1.807, 2.05) is 0 Å². The van der Waals surface area contributed by atoms with Crippen molar-refractivity contribution in [3.8, 4) is 11.5 Å². The van der Waals surface area contributed by atoms with Gasteiger partial charge >= 0.3 is 0 Å². The summed E-state index contributed by atoms with van der Waals surface area (Å²) in [5, 5.41) is 10.6. The smallest absolute Gasteiger partial charge is 0.276 e. The predicted molar refractivity (Wildman–Crippen MR) is 96.9 cm³/mol. The van der Waals surface area contributed by atoms with Crippen LogP contribution >= 0.6 is 0 Å². The number of ether oxygens (including phenoxy) is 2. The van der Waals surface area contributed by atoms with E-state index in [2.05, 4.69) is 10.9 Å². The van der Waals surface area contributed by atoms with Crippen molar-refractivity contribution in [2.24, 2.45) is 0 Å². The summed E-state index contributed by atoms with van der Waals surface area (Å²) in [6.45, 7) is -0.279. The Morgan fingerprint density at radius 2 is 1.67 bits per heavy atom. The molecule has 0 aliphatic heterocycles. The van der Waals surface area contributed by atoms with Crippen LogP contribution in [0, 0.1) is 10.1 Å². The molecule has 9 heteroatoms. The third-order valence-corrected chi connectivity index (χ3v) is 3.29. The van der Waals surface area contributed by atoms with Crippen LogP contribution in [0.5, 0.6) is 11.5 Å². The monoisotopic (exact) mass is 371 g/mol. The highest BCUT2D eigenvalue weighted by atomic mass is 16.6. The summed E-state index contributed by atoms with van der Waals surface area (Å²) in [6.07, 6.45) is 2.64. The van der Waals surface area contributed by atoms with Crippen LogP contribution in [0.2, 0.25) is 0 Å². The molecule has 9 nitrogen and oxygen atoms in total. The van der Waals surface area contributed by atoms with Crippen LogP contribution in [0.15, 0.2) is 54.6 Å². The van der Waals surface area contributed by atoms with E-state index >= 15 is 0 Å². The molecule has 0 unspecified atom stereocenters. The molecule has 2 aromatic carbocycles. The van der Waals surface area contributed by atoms with Crippen molar-refractivity contribution >= 4 is 23.6 Å². The van der Waals surface area contributed by atoms with E-state index in [1.54, 1.807) is 31.4 Å². The van der Waals surface area contributed by atoms with E-state index in [4.69, 9.17) is 9.47 Å². The van der Waals surface area contributed by atoms with Crippen LogP contribution in [-0.4, -0.2) is 30.5 Å². The van der Waals surface area contributed by atoms with Gasteiger partial charge in [0.2, 0.25) is 0 Å². The lowest BCUT2D eigenvalue weighted by atomic mass is 10.2. The van der Waals surface area contributed by atoms with Gasteiger partial charge in [0.05, 0.1) is 12.0 Å². The first-order chi connectivity index (χ1) is 13.0. The number of nitro benzene ring substituents is 1. The quantitative estimate of drug-likeness (QED) is 0.435. The third-order valence-electron chi connectivity index (χ3n) is 3.29. The van der Waals surface area contributed by atoms with Crippen LogP contribution in [-0.2, 0) is 9.59 Å². The largest absolute Gasteiger partial charge is 0.497 e. The van der Waals surface area contributed by atoms with Crippen LogP contribution in [0.3, 0.4) is 0 Å². The van der Waals surface area contributed by atoms with Gasteiger partial charge in [0, 0.05) is 18.2 Å². The maximum Gasteiger partial charge on any atom is 0.276 e. The van der Waals surface area contributed by atoms with Crippen LogP contribution in [0.4, 0.5) is 5.69 Å². The summed E-state index contributed by atoms with van der Waals surface area (Å²) in [7, 11) is 1.54. The van der Waals surface area contributed by atoms with Crippen molar-refractivity contribution in [3.63, 3.8) is 0 Å².